The number of aromatic amines is 1. The first kappa shape index (κ1) is 24.3. The van der Waals surface area contributed by atoms with Crippen LogP contribution in [-0.4, -0.2) is 56.0 Å². The van der Waals surface area contributed by atoms with Crippen molar-refractivity contribution in [2.75, 3.05) is 26.4 Å². The first-order valence-electron chi connectivity index (χ1n) is 11.1. The van der Waals surface area contributed by atoms with Crippen LogP contribution in [0.4, 0.5) is 0 Å². The summed E-state index contributed by atoms with van der Waals surface area (Å²) in [6.45, 7) is 6.28. The number of benzene rings is 2. The molecule has 0 bridgehead atoms. The summed E-state index contributed by atoms with van der Waals surface area (Å²) >= 11 is 0. The fourth-order valence-corrected chi connectivity index (χ4v) is 5.47. The summed E-state index contributed by atoms with van der Waals surface area (Å²) in [6.07, 6.45) is -0.469. The van der Waals surface area contributed by atoms with Crippen LogP contribution in [0.5, 0.6) is 0 Å². The molecule has 1 saturated heterocycles. The Balaban J connectivity index is 1.75. The number of Topliss-reactive ketones (excluding diaryl/α,β-unsaturated/α-hetero) is 1. The molecule has 1 aliphatic heterocycles. The Bertz CT molecular complexity index is 1390. The highest BCUT2D eigenvalue weighted by Gasteiger charge is 2.30. The smallest absolute Gasteiger partial charge is 0.252 e. The standard InChI is InChI=1S/C25H28N2O6S/c1-16-9-20-11-21(25(29)26-24(20)10-17(16)2)13-27(14-22-15-32-7-8-33-22)34(30,31)23-6-4-5-19(12-23)18(3)28/h4-6,9-12,22H,7-8,13-15H2,1-3H3,(H,26,29)/t22-/m0/s1. The van der Waals surface area contributed by atoms with Gasteiger partial charge >= 0.3 is 0 Å². The summed E-state index contributed by atoms with van der Waals surface area (Å²) in [4.78, 5) is 27.6. The zero-order chi connectivity index (χ0) is 24.5. The van der Waals surface area contributed by atoms with Crippen LogP contribution in [0.2, 0.25) is 0 Å². The number of ether oxygens (including phenoxy) is 2. The SMILES string of the molecule is CC(=O)c1cccc(S(=O)(=O)N(Cc2cc3cc(C)c(C)cc3[nH]c2=O)C[C@H]2COCCO2)c1. The Hall–Kier alpha value is -2.85. The Labute approximate surface area is 198 Å². The number of hydrogen-bond donors (Lipinski definition) is 1. The molecule has 1 atom stereocenters. The van der Waals surface area contributed by atoms with E-state index in [-0.39, 0.29) is 35.9 Å². The number of fused-ring (bicyclic) bond motifs is 1. The normalized spacial score (nSPS) is 16.8. The molecule has 0 spiro atoms. The zero-order valence-electron chi connectivity index (χ0n) is 19.5. The van der Waals surface area contributed by atoms with Crippen LogP contribution in [-0.2, 0) is 26.0 Å². The fourth-order valence-electron chi connectivity index (χ4n) is 3.97. The maximum absolute atomic E-state index is 13.7. The van der Waals surface area contributed by atoms with Gasteiger partial charge in [0.25, 0.3) is 5.56 Å². The maximum Gasteiger partial charge on any atom is 0.252 e. The summed E-state index contributed by atoms with van der Waals surface area (Å²) in [6, 6.07) is 11.5. The first-order valence-corrected chi connectivity index (χ1v) is 12.5. The minimum absolute atomic E-state index is 0.0109. The van der Waals surface area contributed by atoms with E-state index in [0.29, 0.717) is 29.9 Å². The van der Waals surface area contributed by atoms with Crippen molar-refractivity contribution in [1.82, 2.24) is 9.29 Å². The number of rotatable bonds is 7. The molecule has 2 aromatic carbocycles. The van der Waals surface area contributed by atoms with Crippen molar-refractivity contribution in [1.29, 1.82) is 0 Å². The molecule has 0 radical (unpaired) electrons. The fraction of sp³-hybridized carbons (Fsp3) is 0.360. The lowest BCUT2D eigenvalue weighted by molar-refractivity contribution is -0.0923. The van der Waals surface area contributed by atoms with Crippen molar-refractivity contribution in [3.8, 4) is 0 Å². The molecule has 0 unspecified atom stereocenters. The molecular formula is C25H28N2O6S. The van der Waals surface area contributed by atoms with Crippen LogP contribution in [0, 0.1) is 13.8 Å². The molecule has 0 saturated carbocycles. The van der Waals surface area contributed by atoms with E-state index in [2.05, 4.69) is 4.98 Å². The van der Waals surface area contributed by atoms with Gasteiger partial charge in [0.15, 0.2) is 5.78 Å². The zero-order valence-corrected chi connectivity index (χ0v) is 20.3. The van der Waals surface area contributed by atoms with Crippen molar-refractivity contribution in [2.24, 2.45) is 0 Å². The van der Waals surface area contributed by atoms with Gasteiger partial charge in [-0.15, -0.1) is 0 Å². The molecular weight excluding hydrogens is 456 g/mol. The van der Waals surface area contributed by atoms with E-state index in [1.807, 2.05) is 26.0 Å². The number of sulfonamides is 1. The van der Waals surface area contributed by atoms with Crippen molar-refractivity contribution in [3.05, 3.63) is 75.1 Å². The lowest BCUT2D eigenvalue weighted by Gasteiger charge is -2.29. The summed E-state index contributed by atoms with van der Waals surface area (Å²) < 4.78 is 39.7. The summed E-state index contributed by atoms with van der Waals surface area (Å²) in [7, 11) is -4.05. The molecule has 34 heavy (non-hydrogen) atoms. The number of nitrogens with zero attached hydrogens (tertiary/aromatic N) is 1. The van der Waals surface area contributed by atoms with Crippen LogP contribution in [0.3, 0.4) is 0 Å². The minimum Gasteiger partial charge on any atom is -0.376 e. The summed E-state index contributed by atoms with van der Waals surface area (Å²) in [5, 5.41) is 0.825. The van der Waals surface area contributed by atoms with Gasteiger partial charge < -0.3 is 14.5 Å². The average Bonchev–Trinajstić information content (AvgIpc) is 2.81. The lowest BCUT2D eigenvalue weighted by atomic mass is 10.0. The van der Waals surface area contributed by atoms with E-state index in [4.69, 9.17) is 9.47 Å². The van der Waals surface area contributed by atoms with E-state index in [1.165, 1.54) is 29.4 Å². The quantitative estimate of drug-likeness (QED) is 0.517. The van der Waals surface area contributed by atoms with Crippen molar-refractivity contribution in [2.45, 2.75) is 38.3 Å². The second-order valence-corrected chi connectivity index (χ2v) is 10.5. The highest BCUT2D eigenvalue weighted by atomic mass is 32.2. The lowest BCUT2D eigenvalue weighted by Crippen LogP contribution is -2.43. The third-order valence-electron chi connectivity index (χ3n) is 6.05. The third kappa shape index (κ3) is 5.12. The van der Waals surface area contributed by atoms with Gasteiger partial charge in [-0.05, 0) is 67.6 Å². The number of ketones is 1. The molecule has 1 fully saturated rings. The molecule has 3 aromatic rings. The maximum atomic E-state index is 13.7. The third-order valence-corrected chi connectivity index (χ3v) is 7.86. The average molecular weight is 485 g/mol. The molecule has 0 aliphatic carbocycles. The van der Waals surface area contributed by atoms with Crippen LogP contribution >= 0.6 is 0 Å². The van der Waals surface area contributed by atoms with Gasteiger partial charge in [0.1, 0.15) is 0 Å². The van der Waals surface area contributed by atoms with Gasteiger partial charge in [0.2, 0.25) is 10.0 Å². The molecule has 1 aliphatic rings. The molecule has 1 aromatic heterocycles. The highest BCUT2D eigenvalue weighted by molar-refractivity contribution is 7.89. The van der Waals surface area contributed by atoms with E-state index in [9.17, 15) is 18.0 Å². The predicted octanol–water partition coefficient (Wildman–Crippen LogP) is 2.95. The van der Waals surface area contributed by atoms with Crippen molar-refractivity contribution < 1.29 is 22.7 Å². The van der Waals surface area contributed by atoms with E-state index in [0.717, 1.165) is 16.5 Å². The van der Waals surface area contributed by atoms with E-state index in [1.54, 1.807) is 12.1 Å². The van der Waals surface area contributed by atoms with Crippen molar-refractivity contribution >= 4 is 26.7 Å². The predicted molar refractivity (Wildman–Crippen MR) is 129 cm³/mol. The Morgan fingerprint density at radius 3 is 2.59 bits per heavy atom. The summed E-state index contributed by atoms with van der Waals surface area (Å²) in [5.41, 5.74) is 3.09. The first-order chi connectivity index (χ1) is 16.1. The Morgan fingerprint density at radius 2 is 1.88 bits per heavy atom. The second-order valence-electron chi connectivity index (χ2n) is 8.60. The van der Waals surface area contributed by atoms with E-state index < -0.39 is 16.1 Å². The van der Waals surface area contributed by atoms with Crippen molar-refractivity contribution in [3.63, 3.8) is 0 Å². The number of hydrogen-bond acceptors (Lipinski definition) is 6. The number of carbonyl (C=O) groups is 1. The van der Waals surface area contributed by atoms with Crippen LogP contribution in [0.25, 0.3) is 10.9 Å². The van der Waals surface area contributed by atoms with Gasteiger partial charge in [0.05, 0.1) is 30.8 Å². The molecule has 4 rings (SSSR count). The largest absolute Gasteiger partial charge is 0.376 e. The Kier molecular flexibility index (Phi) is 6.99. The van der Waals surface area contributed by atoms with Gasteiger partial charge in [-0.1, -0.05) is 12.1 Å². The molecule has 1 N–H and O–H groups in total. The Morgan fingerprint density at radius 1 is 1.12 bits per heavy atom. The second kappa shape index (κ2) is 9.79. The molecule has 2 heterocycles. The number of aryl methyl sites for hydroxylation is 2. The van der Waals surface area contributed by atoms with Gasteiger partial charge in [-0.2, -0.15) is 4.31 Å². The van der Waals surface area contributed by atoms with Gasteiger partial charge in [-0.3, -0.25) is 9.59 Å². The van der Waals surface area contributed by atoms with E-state index >= 15 is 0 Å². The monoisotopic (exact) mass is 484 g/mol. The van der Waals surface area contributed by atoms with Gasteiger partial charge in [-0.25, -0.2) is 8.42 Å². The topological polar surface area (TPSA) is 106 Å². The number of aromatic nitrogens is 1. The van der Waals surface area contributed by atoms with Crippen LogP contribution in [0.15, 0.2) is 52.2 Å². The molecule has 8 nitrogen and oxygen atoms in total. The minimum atomic E-state index is -4.05. The van der Waals surface area contributed by atoms with Gasteiger partial charge in [0, 0.05) is 29.7 Å². The number of H-pyrrole nitrogens is 1. The highest BCUT2D eigenvalue weighted by Crippen LogP contribution is 2.23. The number of nitrogens with one attached hydrogen (secondary N) is 1. The summed E-state index contributed by atoms with van der Waals surface area (Å²) in [5.74, 6) is -0.232. The molecule has 9 heteroatoms. The number of carbonyl (C=O) groups excluding carboxylic acids is 1. The van der Waals surface area contributed by atoms with Crippen LogP contribution < -0.4 is 5.56 Å². The number of pyridine rings is 1. The molecule has 180 valence electrons. The van der Waals surface area contributed by atoms with Crippen LogP contribution in [0.1, 0.15) is 34.0 Å². The molecule has 0 amide bonds.